The minimum atomic E-state index is -0.347. The Morgan fingerprint density at radius 1 is 1.53 bits per heavy atom. The number of hydrogen-bond donors (Lipinski definition) is 0. The minimum absolute atomic E-state index is 0.124. The van der Waals surface area contributed by atoms with Crippen molar-refractivity contribution in [1.29, 1.82) is 0 Å². The summed E-state index contributed by atoms with van der Waals surface area (Å²) in [6.45, 7) is 4.01. The van der Waals surface area contributed by atoms with E-state index in [0.717, 1.165) is 5.69 Å². The molecular weight excluding hydrogens is 246 g/mol. The number of esters is 1. The van der Waals surface area contributed by atoms with E-state index in [-0.39, 0.29) is 17.8 Å². The highest BCUT2D eigenvalue weighted by atomic mass is 16.5. The fourth-order valence-electron chi connectivity index (χ4n) is 1.95. The predicted octanol–water partition coefficient (Wildman–Crippen LogP) is 0.864. The third-order valence-electron chi connectivity index (χ3n) is 2.97. The summed E-state index contributed by atoms with van der Waals surface area (Å²) >= 11 is 0. The van der Waals surface area contributed by atoms with Crippen molar-refractivity contribution in [2.24, 2.45) is 13.0 Å². The molecule has 0 bridgehead atoms. The number of aromatic nitrogens is 2. The first-order valence-electron chi connectivity index (χ1n) is 6.26. The topological polar surface area (TPSA) is 64.4 Å². The van der Waals surface area contributed by atoms with Gasteiger partial charge in [0.15, 0.2) is 0 Å². The summed E-state index contributed by atoms with van der Waals surface area (Å²) < 4.78 is 6.28. The number of aryl methyl sites for hydroxylation is 2. The van der Waals surface area contributed by atoms with Crippen molar-refractivity contribution in [3.8, 4) is 0 Å². The Morgan fingerprint density at radius 3 is 2.68 bits per heavy atom. The molecule has 1 rings (SSSR count). The van der Waals surface area contributed by atoms with Crippen LogP contribution in [0.15, 0.2) is 6.20 Å². The maximum Gasteiger partial charge on any atom is 0.310 e. The molecule has 6 heteroatoms. The van der Waals surface area contributed by atoms with Crippen LogP contribution in [0, 0.1) is 5.92 Å². The van der Waals surface area contributed by atoms with Crippen molar-refractivity contribution in [3.05, 3.63) is 17.5 Å². The van der Waals surface area contributed by atoms with Crippen LogP contribution in [0.25, 0.3) is 0 Å². The number of rotatable bonds is 5. The van der Waals surface area contributed by atoms with E-state index >= 15 is 0 Å². The highest BCUT2D eigenvalue weighted by Gasteiger charge is 2.22. The van der Waals surface area contributed by atoms with E-state index in [1.54, 1.807) is 31.9 Å². The fourth-order valence-corrected chi connectivity index (χ4v) is 1.95. The predicted molar refractivity (Wildman–Crippen MR) is 70.7 cm³/mol. The molecule has 0 fully saturated rings. The van der Waals surface area contributed by atoms with Crippen molar-refractivity contribution < 1.29 is 14.3 Å². The Morgan fingerprint density at radius 2 is 2.16 bits per heavy atom. The van der Waals surface area contributed by atoms with Crippen molar-refractivity contribution >= 4 is 11.9 Å². The van der Waals surface area contributed by atoms with Gasteiger partial charge in [-0.25, -0.2) is 0 Å². The Bertz CT molecular complexity index is 468. The molecule has 19 heavy (non-hydrogen) atoms. The number of hydrogen-bond acceptors (Lipinski definition) is 4. The summed E-state index contributed by atoms with van der Waals surface area (Å²) in [6.07, 6.45) is 2.41. The smallest absolute Gasteiger partial charge is 0.310 e. The summed E-state index contributed by atoms with van der Waals surface area (Å²) in [4.78, 5) is 25.2. The molecule has 0 N–H and O–H groups in total. The summed E-state index contributed by atoms with van der Waals surface area (Å²) in [6, 6.07) is 0. The van der Waals surface area contributed by atoms with Crippen LogP contribution < -0.4 is 0 Å². The van der Waals surface area contributed by atoms with Gasteiger partial charge in [-0.05, 0) is 6.42 Å². The van der Waals surface area contributed by atoms with Crippen molar-refractivity contribution in [1.82, 2.24) is 14.7 Å². The molecule has 0 aromatic carbocycles. The van der Waals surface area contributed by atoms with E-state index in [2.05, 4.69) is 9.84 Å². The van der Waals surface area contributed by atoms with Gasteiger partial charge in [0.25, 0.3) is 5.91 Å². The highest BCUT2D eigenvalue weighted by molar-refractivity contribution is 5.95. The lowest BCUT2D eigenvalue weighted by Gasteiger charge is -2.20. The van der Waals surface area contributed by atoms with Gasteiger partial charge in [-0.3, -0.25) is 14.3 Å². The molecule has 106 valence electrons. The Labute approximate surface area is 113 Å². The molecule has 1 atom stereocenters. The van der Waals surface area contributed by atoms with Gasteiger partial charge in [-0.1, -0.05) is 13.8 Å². The molecule has 0 spiro atoms. The number of carbonyl (C=O) groups is 2. The number of ether oxygens (including phenoxy) is 1. The quantitative estimate of drug-likeness (QED) is 0.742. The van der Waals surface area contributed by atoms with E-state index in [1.807, 2.05) is 6.92 Å². The monoisotopic (exact) mass is 267 g/mol. The number of amides is 1. The maximum atomic E-state index is 12.3. The zero-order chi connectivity index (χ0) is 14.6. The van der Waals surface area contributed by atoms with Crippen LogP contribution in [0.2, 0.25) is 0 Å². The van der Waals surface area contributed by atoms with E-state index < -0.39 is 0 Å². The molecule has 1 amide bonds. The number of nitrogens with zero attached hydrogens (tertiary/aromatic N) is 3. The molecule has 1 heterocycles. The summed E-state index contributed by atoms with van der Waals surface area (Å²) in [5.74, 6) is -0.789. The van der Waals surface area contributed by atoms with Crippen LogP contribution in [0.5, 0.6) is 0 Å². The molecule has 0 saturated heterocycles. The Hall–Kier alpha value is -1.85. The Kier molecular flexibility index (Phi) is 5.09. The average molecular weight is 267 g/mol. The summed E-state index contributed by atoms with van der Waals surface area (Å²) in [7, 11) is 4.80. The second-order valence-corrected chi connectivity index (χ2v) is 4.63. The standard InChI is InChI=1S/C13H21N3O3/c1-6-11-10(8-16(4)14-11)12(17)15(3)7-9(2)13(18)19-5/h8-9H,6-7H2,1-5H3. The second kappa shape index (κ2) is 6.36. The molecule has 0 aliphatic carbocycles. The van der Waals surface area contributed by atoms with Crippen LogP contribution in [0.4, 0.5) is 0 Å². The molecule has 1 aromatic rings. The van der Waals surface area contributed by atoms with Gasteiger partial charge in [0, 0.05) is 26.8 Å². The third-order valence-corrected chi connectivity index (χ3v) is 2.97. The van der Waals surface area contributed by atoms with Gasteiger partial charge < -0.3 is 9.64 Å². The highest BCUT2D eigenvalue weighted by Crippen LogP contribution is 2.11. The van der Waals surface area contributed by atoms with Gasteiger partial charge in [-0.2, -0.15) is 5.10 Å². The van der Waals surface area contributed by atoms with Crippen LogP contribution in [-0.4, -0.2) is 47.3 Å². The number of methoxy groups -OCH3 is 1. The van der Waals surface area contributed by atoms with Crippen molar-refractivity contribution in [2.75, 3.05) is 20.7 Å². The van der Waals surface area contributed by atoms with Gasteiger partial charge in [-0.15, -0.1) is 0 Å². The lowest BCUT2D eigenvalue weighted by molar-refractivity contribution is -0.145. The third kappa shape index (κ3) is 3.56. The Balaban J connectivity index is 2.79. The summed E-state index contributed by atoms with van der Waals surface area (Å²) in [5, 5.41) is 4.24. The first-order valence-corrected chi connectivity index (χ1v) is 6.26. The van der Waals surface area contributed by atoms with Crippen LogP contribution >= 0.6 is 0 Å². The van der Waals surface area contributed by atoms with Crippen LogP contribution in [-0.2, 0) is 23.0 Å². The SMILES string of the molecule is CCc1nn(C)cc1C(=O)N(C)CC(C)C(=O)OC. The molecule has 1 aromatic heterocycles. The maximum absolute atomic E-state index is 12.3. The minimum Gasteiger partial charge on any atom is -0.469 e. The van der Waals surface area contributed by atoms with Crippen LogP contribution in [0.1, 0.15) is 29.9 Å². The van der Waals surface area contributed by atoms with E-state index in [9.17, 15) is 9.59 Å². The van der Waals surface area contributed by atoms with E-state index in [0.29, 0.717) is 18.5 Å². The van der Waals surface area contributed by atoms with Gasteiger partial charge >= 0.3 is 5.97 Å². The van der Waals surface area contributed by atoms with Crippen LogP contribution in [0.3, 0.4) is 0 Å². The second-order valence-electron chi connectivity index (χ2n) is 4.63. The lowest BCUT2D eigenvalue weighted by atomic mass is 10.1. The first kappa shape index (κ1) is 15.2. The molecule has 1 unspecified atom stereocenters. The van der Waals surface area contributed by atoms with E-state index in [4.69, 9.17) is 0 Å². The summed E-state index contributed by atoms with van der Waals surface area (Å²) in [5.41, 5.74) is 1.36. The van der Waals surface area contributed by atoms with Crippen molar-refractivity contribution in [2.45, 2.75) is 20.3 Å². The zero-order valence-corrected chi connectivity index (χ0v) is 12.1. The van der Waals surface area contributed by atoms with E-state index in [1.165, 1.54) is 12.0 Å². The van der Waals surface area contributed by atoms with Gasteiger partial charge in [0.2, 0.25) is 0 Å². The zero-order valence-electron chi connectivity index (χ0n) is 12.1. The molecular formula is C13H21N3O3. The largest absolute Gasteiger partial charge is 0.469 e. The number of carbonyl (C=O) groups excluding carboxylic acids is 2. The molecule has 6 nitrogen and oxygen atoms in total. The molecule has 0 saturated carbocycles. The lowest BCUT2D eigenvalue weighted by Crippen LogP contribution is -2.34. The van der Waals surface area contributed by atoms with Gasteiger partial charge in [0.1, 0.15) is 0 Å². The average Bonchev–Trinajstić information content (AvgIpc) is 2.77. The van der Waals surface area contributed by atoms with Gasteiger partial charge in [0.05, 0.1) is 24.3 Å². The van der Waals surface area contributed by atoms with Crippen molar-refractivity contribution in [3.63, 3.8) is 0 Å². The molecule has 0 aliphatic heterocycles. The molecule has 0 radical (unpaired) electrons. The first-order chi connectivity index (χ1) is 8.90. The normalized spacial score (nSPS) is 12.1. The fraction of sp³-hybridized carbons (Fsp3) is 0.615. The molecule has 0 aliphatic rings.